The molecule has 1 unspecified atom stereocenters. The first kappa shape index (κ1) is 14.1. The summed E-state index contributed by atoms with van der Waals surface area (Å²) >= 11 is 0. The minimum atomic E-state index is 0.259. The van der Waals surface area contributed by atoms with Gasteiger partial charge in [-0.05, 0) is 50.2 Å². The molecule has 2 fully saturated rings. The van der Waals surface area contributed by atoms with Gasteiger partial charge >= 0.3 is 0 Å². The van der Waals surface area contributed by atoms with Crippen LogP contribution in [-0.2, 0) is 13.0 Å². The van der Waals surface area contributed by atoms with E-state index >= 15 is 0 Å². The number of nitrogens with zero attached hydrogens (tertiary/aromatic N) is 1. The first-order valence-electron chi connectivity index (χ1n) is 8.15. The van der Waals surface area contributed by atoms with Gasteiger partial charge in [0.1, 0.15) is 0 Å². The fourth-order valence-electron chi connectivity index (χ4n) is 3.24. The normalized spacial score (nSPS) is 26.6. The van der Waals surface area contributed by atoms with E-state index in [0.29, 0.717) is 0 Å². The second kappa shape index (κ2) is 5.50. The molecular weight excluding hydrogens is 244 g/mol. The van der Waals surface area contributed by atoms with E-state index in [4.69, 9.17) is 0 Å². The molecule has 1 saturated carbocycles. The fraction of sp³-hybridized carbons (Fsp3) is 0.667. The van der Waals surface area contributed by atoms with Crippen molar-refractivity contribution in [3.63, 3.8) is 0 Å². The van der Waals surface area contributed by atoms with Crippen LogP contribution in [0.25, 0.3) is 0 Å². The van der Waals surface area contributed by atoms with Crippen molar-refractivity contribution in [1.82, 2.24) is 10.2 Å². The molecule has 2 nitrogen and oxygen atoms in total. The Bertz CT molecular complexity index is 445. The topological polar surface area (TPSA) is 15.3 Å². The van der Waals surface area contributed by atoms with E-state index in [9.17, 15) is 0 Å². The SMILES string of the molecule is CCc1ccc(CN2CC(C3CC3)NCC2(C)C)cc1. The second-order valence-electron chi connectivity index (χ2n) is 7.19. The van der Waals surface area contributed by atoms with E-state index in [2.05, 4.69) is 55.3 Å². The van der Waals surface area contributed by atoms with Gasteiger partial charge in [0.25, 0.3) is 0 Å². The molecule has 1 atom stereocenters. The number of nitrogens with one attached hydrogen (secondary N) is 1. The molecule has 0 spiro atoms. The van der Waals surface area contributed by atoms with Crippen LogP contribution >= 0.6 is 0 Å². The largest absolute Gasteiger partial charge is 0.311 e. The molecule has 1 aliphatic carbocycles. The third kappa shape index (κ3) is 3.07. The van der Waals surface area contributed by atoms with Gasteiger partial charge in [0, 0.05) is 31.2 Å². The molecule has 0 aromatic heterocycles. The van der Waals surface area contributed by atoms with Crippen molar-refractivity contribution in [2.75, 3.05) is 13.1 Å². The van der Waals surface area contributed by atoms with E-state index in [1.807, 2.05) is 0 Å². The summed E-state index contributed by atoms with van der Waals surface area (Å²) in [5.41, 5.74) is 3.14. The smallest absolute Gasteiger partial charge is 0.0281 e. The summed E-state index contributed by atoms with van der Waals surface area (Å²) in [6.45, 7) is 10.3. The van der Waals surface area contributed by atoms with E-state index in [1.54, 1.807) is 0 Å². The number of piperazine rings is 1. The predicted octanol–water partition coefficient (Wildman–Crippen LogP) is 3.21. The number of hydrogen-bond donors (Lipinski definition) is 1. The van der Waals surface area contributed by atoms with Crippen molar-refractivity contribution in [3.8, 4) is 0 Å². The zero-order valence-electron chi connectivity index (χ0n) is 13.2. The van der Waals surface area contributed by atoms with Gasteiger partial charge in [-0.3, -0.25) is 4.90 Å². The molecule has 0 amide bonds. The van der Waals surface area contributed by atoms with Crippen LogP contribution in [0.3, 0.4) is 0 Å². The molecule has 2 aliphatic rings. The summed E-state index contributed by atoms with van der Waals surface area (Å²) in [4.78, 5) is 2.67. The highest BCUT2D eigenvalue weighted by molar-refractivity contribution is 5.22. The lowest BCUT2D eigenvalue weighted by molar-refractivity contribution is 0.0534. The van der Waals surface area contributed by atoms with Crippen molar-refractivity contribution < 1.29 is 0 Å². The van der Waals surface area contributed by atoms with Crippen molar-refractivity contribution in [2.45, 2.75) is 58.2 Å². The van der Waals surface area contributed by atoms with Gasteiger partial charge in [-0.2, -0.15) is 0 Å². The van der Waals surface area contributed by atoms with Crippen LogP contribution < -0.4 is 5.32 Å². The molecule has 1 aromatic rings. The Morgan fingerprint density at radius 2 is 1.80 bits per heavy atom. The number of benzene rings is 1. The monoisotopic (exact) mass is 272 g/mol. The second-order valence-corrected chi connectivity index (χ2v) is 7.19. The Kier molecular flexibility index (Phi) is 3.87. The van der Waals surface area contributed by atoms with Crippen LogP contribution in [0.15, 0.2) is 24.3 Å². The summed E-state index contributed by atoms with van der Waals surface area (Å²) in [5, 5.41) is 3.76. The molecule has 1 saturated heterocycles. The molecule has 0 radical (unpaired) electrons. The van der Waals surface area contributed by atoms with Gasteiger partial charge in [-0.15, -0.1) is 0 Å². The van der Waals surface area contributed by atoms with Gasteiger partial charge in [0.2, 0.25) is 0 Å². The van der Waals surface area contributed by atoms with Crippen LogP contribution in [0.4, 0.5) is 0 Å². The summed E-state index contributed by atoms with van der Waals surface area (Å²) in [6.07, 6.45) is 3.98. The predicted molar refractivity (Wildman–Crippen MR) is 84.8 cm³/mol. The van der Waals surface area contributed by atoms with Crippen LogP contribution in [-0.4, -0.2) is 29.6 Å². The Hall–Kier alpha value is -0.860. The molecular formula is C18H28N2. The van der Waals surface area contributed by atoms with Crippen molar-refractivity contribution in [1.29, 1.82) is 0 Å². The zero-order chi connectivity index (χ0) is 14.2. The van der Waals surface area contributed by atoms with Crippen LogP contribution in [0.5, 0.6) is 0 Å². The highest BCUT2D eigenvalue weighted by Crippen LogP contribution is 2.36. The zero-order valence-corrected chi connectivity index (χ0v) is 13.2. The van der Waals surface area contributed by atoms with Gasteiger partial charge in [0.05, 0.1) is 0 Å². The number of aryl methyl sites for hydroxylation is 1. The average Bonchev–Trinajstić information content (AvgIpc) is 3.26. The summed E-state index contributed by atoms with van der Waals surface area (Å²) in [7, 11) is 0. The molecule has 20 heavy (non-hydrogen) atoms. The molecule has 110 valence electrons. The summed E-state index contributed by atoms with van der Waals surface area (Å²) in [5.74, 6) is 0.941. The molecule has 1 heterocycles. The van der Waals surface area contributed by atoms with E-state index in [-0.39, 0.29) is 5.54 Å². The third-order valence-corrected chi connectivity index (χ3v) is 5.07. The maximum Gasteiger partial charge on any atom is 0.0281 e. The van der Waals surface area contributed by atoms with Crippen LogP contribution in [0.2, 0.25) is 0 Å². The molecule has 1 aliphatic heterocycles. The van der Waals surface area contributed by atoms with Crippen molar-refractivity contribution >= 4 is 0 Å². The minimum absolute atomic E-state index is 0.259. The molecule has 0 bridgehead atoms. The maximum absolute atomic E-state index is 3.76. The maximum atomic E-state index is 3.76. The Balaban J connectivity index is 1.68. The van der Waals surface area contributed by atoms with Gasteiger partial charge in [-0.1, -0.05) is 31.2 Å². The number of hydrogen-bond acceptors (Lipinski definition) is 2. The molecule has 2 heteroatoms. The van der Waals surface area contributed by atoms with E-state index in [0.717, 1.165) is 31.5 Å². The standard InChI is InChI=1S/C18H28N2/c1-4-14-5-7-15(8-6-14)11-20-12-17(16-9-10-16)19-13-18(20,2)3/h5-8,16-17,19H,4,9-13H2,1-3H3. The first-order valence-corrected chi connectivity index (χ1v) is 8.15. The minimum Gasteiger partial charge on any atom is -0.311 e. The first-order chi connectivity index (χ1) is 9.58. The van der Waals surface area contributed by atoms with Crippen molar-refractivity contribution in [2.24, 2.45) is 5.92 Å². The molecule has 1 aromatic carbocycles. The van der Waals surface area contributed by atoms with E-state index < -0.39 is 0 Å². The van der Waals surface area contributed by atoms with Gasteiger partial charge < -0.3 is 5.32 Å². The van der Waals surface area contributed by atoms with E-state index in [1.165, 1.54) is 30.5 Å². The molecule has 3 rings (SSSR count). The van der Waals surface area contributed by atoms with Crippen molar-refractivity contribution in [3.05, 3.63) is 35.4 Å². The van der Waals surface area contributed by atoms with Crippen LogP contribution in [0.1, 0.15) is 44.7 Å². The van der Waals surface area contributed by atoms with Gasteiger partial charge in [0.15, 0.2) is 0 Å². The Morgan fingerprint density at radius 3 is 2.40 bits per heavy atom. The quantitative estimate of drug-likeness (QED) is 0.905. The third-order valence-electron chi connectivity index (χ3n) is 5.07. The fourth-order valence-corrected chi connectivity index (χ4v) is 3.24. The lowest BCUT2D eigenvalue weighted by Gasteiger charge is -2.46. The highest BCUT2D eigenvalue weighted by Gasteiger charge is 2.40. The molecule has 1 N–H and O–H groups in total. The Morgan fingerprint density at radius 1 is 1.15 bits per heavy atom. The lowest BCUT2D eigenvalue weighted by atomic mass is 9.94. The average molecular weight is 272 g/mol. The lowest BCUT2D eigenvalue weighted by Crippen LogP contribution is -2.62. The van der Waals surface area contributed by atoms with Crippen LogP contribution in [0, 0.1) is 5.92 Å². The Labute approximate surface area is 123 Å². The number of rotatable bonds is 4. The van der Waals surface area contributed by atoms with Gasteiger partial charge in [-0.25, -0.2) is 0 Å². The summed E-state index contributed by atoms with van der Waals surface area (Å²) in [6, 6.07) is 9.90. The highest BCUT2D eigenvalue weighted by atomic mass is 15.3. The summed E-state index contributed by atoms with van der Waals surface area (Å²) < 4.78 is 0.